The lowest BCUT2D eigenvalue weighted by molar-refractivity contribution is 0.355. The van der Waals surface area contributed by atoms with Crippen LogP contribution in [0.3, 0.4) is 0 Å². The van der Waals surface area contributed by atoms with Crippen molar-refractivity contribution in [3.05, 3.63) is 41.4 Å². The van der Waals surface area contributed by atoms with E-state index >= 15 is 0 Å². The maximum atomic E-state index is 6.27. The van der Waals surface area contributed by atoms with Gasteiger partial charge in [-0.25, -0.2) is 9.38 Å². The molecular weight excluding hydrogens is 414 g/mol. The van der Waals surface area contributed by atoms with Gasteiger partial charge in [-0.05, 0) is 55.2 Å². The Morgan fingerprint density at radius 3 is 2.48 bits per heavy atom. The first kappa shape index (κ1) is 19.9. The summed E-state index contributed by atoms with van der Waals surface area (Å²) < 4.78 is 12.9. The summed E-state index contributed by atoms with van der Waals surface area (Å²) in [6, 6.07) is 11.5. The summed E-state index contributed by atoms with van der Waals surface area (Å²) in [6.07, 6.45) is 2.26. The Morgan fingerprint density at radius 2 is 1.74 bits per heavy atom. The van der Waals surface area contributed by atoms with E-state index in [0.29, 0.717) is 28.3 Å². The Balaban J connectivity index is 1.76. The highest BCUT2D eigenvalue weighted by molar-refractivity contribution is 6.31. The van der Waals surface area contributed by atoms with Crippen LogP contribution in [0.2, 0.25) is 5.02 Å². The highest BCUT2D eigenvalue weighted by atomic mass is 35.5. The molecule has 7 nitrogen and oxygen atoms in total. The molecule has 0 N–H and O–H groups in total. The van der Waals surface area contributed by atoms with Crippen molar-refractivity contribution < 1.29 is 9.47 Å². The maximum Gasteiger partial charge on any atom is 0.213 e. The molecule has 3 heterocycles. The standard InChI is InChI=1S/C23H24ClN5O2/c1-14-8-10-28(11-9-14)23-25-18-13-16(24)5-6-17(18)22-27-26-21(29(22)23)15-4-7-19(30-2)20(12-15)31-3/h4-7,12-14H,8-11H2,1-3H3. The van der Waals surface area contributed by atoms with Gasteiger partial charge in [0.15, 0.2) is 23.0 Å². The number of halogens is 1. The van der Waals surface area contributed by atoms with Crippen molar-refractivity contribution in [1.29, 1.82) is 0 Å². The molecule has 0 saturated carbocycles. The molecule has 5 rings (SSSR count). The highest BCUT2D eigenvalue weighted by Gasteiger charge is 2.24. The van der Waals surface area contributed by atoms with E-state index in [-0.39, 0.29) is 0 Å². The zero-order valence-corrected chi connectivity index (χ0v) is 18.6. The first-order valence-corrected chi connectivity index (χ1v) is 10.8. The second-order valence-electron chi connectivity index (χ2n) is 8.00. The number of methoxy groups -OCH3 is 2. The van der Waals surface area contributed by atoms with Crippen molar-refractivity contribution in [1.82, 2.24) is 19.6 Å². The van der Waals surface area contributed by atoms with Gasteiger partial charge in [0, 0.05) is 29.1 Å². The van der Waals surface area contributed by atoms with Crippen molar-refractivity contribution in [3.8, 4) is 22.9 Å². The van der Waals surface area contributed by atoms with E-state index in [1.165, 1.54) is 0 Å². The molecule has 2 aromatic carbocycles. The van der Waals surface area contributed by atoms with E-state index in [1.54, 1.807) is 14.2 Å². The van der Waals surface area contributed by atoms with Crippen LogP contribution in [-0.4, -0.2) is 46.9 Å². The van der Waals surface area contributed by atoms with Crippen LogP contribution < -0.4 is 14.4 Å². The number of aromatic nitrogens is 4. The van der Waals surface area contributed by atoms with Gasteiger partial charge in [0.05, 0.1) is 19.7 Å². The average Bonchev–Trinajstić information content (AvgIpc) is 3.23. The van der Waals surface area contributed by atoms with Gasteiger partial charge in [-0.15, -0.1) is 10.2 Å². The number of fused-ring (bicyclic) bond motifs is 3. The quantitative estimate of drug-likeness (QED) is 0.454. The Hall–Kier alpha value is -3.06. The topological polar surface area (TPSA) is 64.8 Å². The summed E-state index contributed by atoms with van der Waals surface area (Å²) in [5, 5.41) is 10.7. The molecule has 1 aliphatic rings. The maximum absolute atomic E-state index is 6.27. The molecule has 1 fully saturated rings. The Morgan fingerprint density at radius 1 is 0.968 bits per heavy atom. The van der Waals surface area contributed by atoms with Crippen LogP contribution in [0.15, 0.2) is 36.4 Å². The summed E-state index contributed by atoms with van der Waals surface area (Å²) in [5.41, 5.74) is 2.46. The van der Waals surface area contributed by atoms with Crippen molar-refractivity contribution in [3.63, 3.8) is 0 Å². The molecule has 1 saturated heterocycles. The molecule has 0 unspecified atom stereocenters. The molecule has 0 atom stereocenters. The van der Waals surface area contributed by atoms with E-state index in [1.807, 2.05) is 40.8 Å². The van der Waals surface area contributed by atoms with Crippen LogP contribution in [0.4, 0.5) is 5.95 Å². The largest absolute Gasteiger partial charge is 0.493 e. The summed E-state index contributed by atoms with van der Waals surface area (Å²) >= 11 is 6.27. The SMILES string of the molecule is COc1ccc(-c2nnc3c4ccc(Cl)cc4nc(N4CCC(C)CC4)n23)cc1OC. The molecule has 0 aliphatic carbocycles. The number of nitrogens with zero attached hydrogens (tertiary/aromatic N) is 5. The van der Waals surface area contributed by atoms with Crippen LogP contribution in [0.5, 0.6) is 11.5 Å². The first-order chi connectivity index (χ1) is 15.1. The van der Waals surface area contributed by atoms with Gasteiger partial charge in [0.2, 0.25) is 5.95 Å². The van der Waals surface area contributed by atoms with Gasteiger partial charge in [-0.2, -0.15) is 0 Å². The second kappa shape index (κ2) is 7.89. The molecular formula is C23H24ClN5O2. The van der Waals surface area contributed by atoms with E-state index in [4.69, 9.17) is 26.1 Å². The van der Waals surface area contributed by atoms with Gasteiger partial charge in [-0.3, -0.25) is 0 Å². The summed E-state index contributed by atoms with van der Waals surface area (Å²) in [7, 11) is 3.25. The van der Waals surface area contributed by atoms with E-state index in [2.05, 4.69) is 22.0 Å². The number of benzene rings is 2. The summed E-state index contributed by atoms with van der Waals surface area (Å²) in [6.45, 7) is 4.19. The lowest BCUT2D eigenvalue weighted by atomic mass is 9.99. The summed E-state index contributed by atoms with van der Waals surface area (Å²) in [4.78, 5) is 7.34. The van der Waals surface area contributed by atoms with Crippen molar-refractivity contribution in [2.45, 2.75) is 19.8 Å². The number of rotatable bonds is 4. The van der Waals surface area contributed by atoms with E-state index in [0.717, 1.165) is 54.0 Å². The van der Waals surface area contributed by atoms with E-state index in [9.17, 15) is 0 Å². The molecule has 160 valence electrons. The van der Waals surface area contributed by atoms with E-state index < -0.39 is 0 Å². The predicted molar refractivity (Wildman–Crippen MR) is 122 cm³/mol. The Kier molecular flexibility index (Phi) is 5.06. The molecule has 31 heavy (non-hydrogen) atoms. The van der Waals surface area contributed by atoms with Crippen LogP contribution in [0.25, 0.3) is 27.9 Å². The fraction of sp³-hybridized carbons (Fsp3) is 0.348. The molecule has 1 aliphatic heterocycles. The smallest absolute Gasteiger partial charge is 0.213 e. The van der Waals surface area contributed by atoms with Crippen molar-refractivity contribution in [2.24, 2.45) is 5.92 Å². The number of anilines is 1. The molecule has 0 radical (unpaired) electrons. The van der Waals surface area contributed by atoms with Crippen LogP contribution in [0, 0.1) is 5.92 Å². The minimum atomic E-state index is 0.644. The third kappa shape index (κ3) is 3.43. The number of ether oxygens (including phenoxy) is 2. The molecule has 2 aromatic heterocycles. The normalized spacial score (nSPS) is 15.0. The monoisotopic (exact) mass is 437 g/mol. The van der Waals surface area contributed by atoms with Crippen molar-refractivity contribution in [2.75, 3.05) is 32.2 Å². The molecule has 0 bridgehead atoms. The van der Waals surface area contributed by atoms with Gasteiger partial charge in [0.25, 0.3) is 0 Å². The van der Waals surface area contributed by atoms with Crippen LogP contribution in [0.1, 0.15) is 19.8 Å². The fourth-order valence-corrected chi connectivity index (χ4v) is 4.34. The number of hydrogen-bond acceptors (Lipinski definition) is 6. The highest BCUT2D eigenvalue weighted by Crippen LogP contribution is 2.35. The van der Waals surface area contributed by atoms with Gasteiger partial charge < -0.3 is 14.4 Å². The predicted octanol–water partition coefficient (Wildman–Crippen LogP) is 4.85. The summed E-state index contributed by atoms with van der Waals surface area (Å²) in [5.74, 6) is 3.59. The minimum absolute atomic E-state index is 0.644. The number of piperidine rings is 1. The average molecular weight is 438 g/mol. The number of hydrogen-bond donors (Lipinski definition) is 0. The molecule has 0 spiro atoms. The Bertz CT molecular complexity index is 1260. The third-order valence-corrected chi connectivity index (χ3v) is 6.23. The lowest BCUT2D eigenvalue weighted by Crippen LogP contribution is -2.34. The first-order valence-electron chi connectivity index (χ1n) is 10.4. The molecule has 0 amide bonds. The second-order valence-corrected chi connectivity index (χ2v) is 8.43. The van der Waals surface area contributed by atoms with Crippen LogP contribution >= 0.6 is 11.6 Å². The molecule has 4 aromatic rings. The minimum Gasteiger partial charge on any atom is -0.493 e. The lowest BCUT2D eigenvalue weighted by Gasteiger charge is -2.31. The third-order valence-electron chi connectivity index (χ3n) is 5.99. The fourth-order valence-electron chi connectivity index (χ4n) is 4.18. The van der Waals surface area contributed by atoms with Crippen LogP contribution in [-0.2, 0) is 0 Å². The van der Waals surface area contributed by atoms with Gasteiger partial charge in [-0.1, -0.05) is 18.5 Å². The Labute approximate surface area is 185 Å². The zero-order chi connectivity index (χ0) is 21.5. The van der Waals surface area contributed by atoms with Gasteiger partial charge in [0.1, 0.15) is 0 Å². The zero-order valence-electron chi connectivity index (χ0n) is 17.8. The van der Waals surface area contributed by atoms with Crippen molar-refractivity contribution >= 4 is 34.1 Å². The van der Waals surface area contributed by atoms with Gasteiger partial charge >= 0.3 is 0 Å². The molecule has 8 heteroatoms.